The van der Waals surface area contributed by atoms with E-state index in [1.165, 1.54) is 6.07 Å². The Kier molecular flexibility index (Phi) is 2.38. The first-order valence-electron chi connectivity index (χ1n) is 4.12. The highest BCUT2D eigenvalue weighted by Gasteiger charge is 2.15. The molecule has 0 aliphatic heterocycles. The summed E-state index contributed by atoms with van der Waals surface area (Å²) in [4.78, 5) is 6.06. The Morgan fingerprint density at radius 1 is 1.25 bits per heavy atom. The Morgan fingerprint density at radius 3 is 2.69 bits per heavy atom. The van der Waals surface area contributed by atoms with Gasteiger partial charge >= 0.3 is 0 Å². The van der Waals surface area contributed by atoms with Crippen molar-refractivity contribution in [1.82, 2.24) is 4.98 Å². The van der Waals surface area contributed by atoms with Crippen molar-refractivity contribution in [1.29, 1.82) is 0 Å². The van der Waals surface area contributed by atoms with Crippen molar-refractivity contribution < 1.29 is 13.2 Å². The molecule has 0 bridgehead atoms. The molecule has 0 radical (unpaired) electrons. The summed E-state index contributed by atoms with van der Waals surface area (Å²) in [6.07, 6.45) is 1.15. The fraction of sp³-hybridized carbons (Fsp3) is 0. The molecule has 1 heterocycles. The molecule has 2 rings (SSSR count). The van der Waals surface area contributed by atoms with Gasteiger partial charge in [-0.1, -0.05) is 5.11 Å². The molecule has 2 aromatic rings. The maximum atomic E-state index is 13.3. The Bertz CT molecular complexity index is 620. The molecule has 0 atom stereocenters. The molecule has 80 valence electrons. The number of azide groups is 1. The third-order valence-corrected chi connectivity index (χ3v) is 2.00. The molecular weight excluding hydrogens is 221 g/mol. The van der Waals surface area contributed by atoms with Crippen molar-refractivity contribution >= 4 is 16.6 Å². The average molecular weight is 224 g/mol. The summed E-state index contributed by atoms with van der Waals surface area (Å²) >= 11 is 0. The number of aromatic nitrogens is 1. The van der Waals surface area contributed by atoms with Gasteiger partial charge < -0.3 is 0 Å². The van der Waals surface area contributed by atoms with Crippen LogP contribution < -0.4 is 0 Å². The van der Waals surface area contributed by atoms with E-state index in [0.717, 1.165) is 12.3 Å². The summed E-state index contributed by atoms with van der Waals surface area (Å²) in [5.74, 6) is -4.35. The van der Waals surface area contributed by atoms with Crippen LogP contribution in [0.5, 0.6) is 0 Å². The lowest BCUT2D eigenvalue weighted by Crippen LogP contribution is -1.94. The standard InChI is InChI=1S/C9H3F3N4/c10-5-3-4-6(15-16-13)1-2-14-9(4)8(12)7(5)11/h1-3H. The second-order valence-electron chi connectivity index (χ2n) is 2.90. The third kappa shape index (κ3) is 1.43. The Balaban J connectivity index is 2.94. The minimum atomic E-state index is -1.60. The van der Waals surface area contributed by atoms with E-state index in [-0.39, 0.29) is 16.6 Å². The molecule has 1 aromatic carbocycles. The molecule has 0 saturated heterocycles. The van der Waals surface area contributed by atoms with E-state index < -0.39 is 17.5 Å². The van der Waals surface area contributed by atoms with Gasteiger partial charge in [-0.25, -0.2) is 13.2 Å². The molecule has 0 unspecified atom stereocenters. The van der Waals surface area contributed by atoms with Gasteiger partial charge in [0.2, 0.25) is 0 Å². The topological polar surface area (TPSA) is 61.7 Å². The third-order valence-electron chi connectivity index (χ3n) is 2.00. The van der Waals surface area contributed by atoms with E-state index >= 15 is 0 Å². The molecule has 0 aliphatic carbocycles. The number of hydrogen-bond donors (Lipinski definition) is 0. The Hall–Kier alpha value is -2.27. The number of halogens is 3. The lowest BCUT2D eigenvalue weighted by Gasteiger charge is -2.03. The van der Waals surface area contributed by atoms with Crippen LogP contribution in [0.2, 0.25) is 0 Å². The first kappa shape index (κ1) is 10.3. The van der Waals surface area contributed by atoms with Gasteiger partial charge in [0.15, 0.2) is 17.5 Å². The van der Waals surface area contributed by atoms with Crippen LogP contribution in [0.1, 0.15) is 0 Å². The Labute approximate surface area is 87.0 Å². The number of pyridine rings is 1. The van der Waals surface area contributed by atoms with Gasteiger partial charge in [-0.2, -0.15) is 0 Å². The lowest BCUT2D eigenvalue weighted by atomic mass is 10.1. The predicted molar refractivity (Wildman–Crippen MR) is 50.4 cm³/mol. The second-order valence-corrected chi connectivity index (χ2v) is 2.90. The van der Waals surface area contributed by atoms with Gasteiger partial charge in [-0.15, -0.1) is 0 Å². The predicted octanol–water partition coefficient (Wildman–Crippen LogP) is 3.59. The van der Waals surface area contributed by atoms with Crippen molar-refractivity contribution in [3.05, 3.63) is 46.2 Å². The van der Waals surface area contributed by atoms with E-state index in [9.17, 15) is 13.2 Å². The van der Waals surface area contributed by atoms with Gasteiger partial charge in [-0.3, -0.25) is 4.98 Å². The van der Waals surface area contributed by atoms with Crippen LogP contribution in [0.4, 0.5) is 18.9 Å². The molecule has 0 N–H and O–H groups in total. The molecule has 4 nitrogen and oxygen atoms in total. The summed E-state index contributed by atoms with van der Waals surface area (Å²) in [6.45, 7) is 0. The summed E-state index contributed by atoms with van der Waals surface area (Å²) in [7, 11) is 0. The van der Waals surface area contributed by atoms with E-state index in [4.69, 9.17) is 5.53 Å². The van der Waals surface area contributed by atoms with Crippen molar-refractivity contribution in [2.24, 2.45) is 5.11 Å². The molecule has 0 fully saturated rings. The van der Waals surface area contributed by atoms with Crippen LogP contribution in [0.15, 0.2) is 23.4 Å². The molecule has 1 aromatic heterocycles. The highest BCUT2D eigenvalue weighted by Crippen LogP contribution is 2.28. The van der Waals surface area contributed by atoms with Gasteiger partial charge in [-0.05, 0) is 17.7 Å². The van der Waals surface area contributed by atoms with Crippen LogP contribution in [0.3, 0.4) is 0 Å². The molecule has 0 spiro atoms. The summed E-state index contributed by atoms with van der Waals surface area (Å²) in [5, 5.41) is 3.16. The number of nitrogens with zero attached hydrogens (tertiary/aromatic N) is 4. The minimum Gasteiger partial charge on any atom is -0.253 e. The largest absolute Gasteiger partial charge is 0.253 e. The van der Waals surface area contributed by atoms with Crippen molar-refractivity contribution in [2.45, 2.75) is 0 Å². The number of benzene rings is 1. The summed E-state index contributed by atoms with van der Waals surface area (Å²) < 4.78 is 39.1. The number of fused-ring (bicyclic) bond motifs is 1. The highest BCUT2D eigenvalue weighted by molar-refractivity contribution is 5.89. The van der Waals surface area contributed by atoms with Crippen molar-refractivity contribution in [3.63, 3.8) is 0 Å². The number of hydrogen-bond acceptors (Lipinski definition) is 2. The maximum Gasteiger partial charge on any atom is 0.196 e. The van der Waals surface area contributed by atoms with Crippen LogP contribution in [-0.4, -0.2) is 4.98 Å². The zero-order valence-electron chi connectivity index (χ0n) is 7.65. The van der Waals surface area contributed by atoms with Gasteiger partial charge in [0.1, 0.15) is 5.52 Å². The van der Waals surface area contributed by atoms with Crippen molar-refractivity contribution in [2.75, 3.05) is 0 Å². The van der Waals surface area contributed by atoms with Crippen LogP contribution in [-0.2, 0) is 0 Å². The molecule has 0 aliphatic rings. The molecular formula is C9H3F3N4. The summed E-state index contributed by atoms with van der Waals surface area (Å²) in [6, 6.07) is 2.02. The van der Waals surface area contributed by atoms with E-state index in [2.05, 4.69) is 15.0 Å². The lowest BCUT2D eigenvalue weighted by molar-refractivity contribution is 0.452. The van der Waals surface area contributed by atoms with Gasteiger partial charge in [0, 0.05) is 22.2 Å². The average Bonchev–Trinajstić information content (AvgIpc) is 2.28. The van der Waals surface area contributed by atoms with Crippen molar-refractivity contribution in [3.8, 4) is 0 Å². The Morgan fingerprint density at radius 2 is 2.00 bits per heavy atom. The summed E-state index contributed by atoms with van der Waals surface area (Å²) in [5.41, 5.74) is 7.87. The highest BCUT2D eigenvalue weighted by atomic mass is 19.2. The van der Waals surface area contributed by atoms with Crippen LogP contribution in [0, 0.1) is 17.5 Å². The maximum absolute atomic E-state index is 13.3. The molecule has 7 heteroatoms. The first-order valence-corrected chi connectivity index (χ1v) is 4.12. The molecule has 0 amide bonds. The monoisotopic (exact) mass is 224 g/mol. The fourth-order valence-corrected chi connectivity index (χ4v) is 1.31. The number of rotatable bonds is 1. The normalized spacial score (nSPS) is 10.2. The smallest absolute Gasteiger partial charge is 0.196 e. The zero-order chi connectivity index (χ0) is 11.7. The molecule has 0 saturated carbocycles. The molecule has 16 heavy (non-hydrogen) atoms. The zero-order valence-corrected chi connectivity index (χ0v) is 7.65. The fourth-order valence-electron chi connectivity index (χ4n) is 1.31. The van der Waals surface area contributed by atoms with Crippen LogP contribution in [0.25, 0.3) is 21.3 Å². The quantitative estimate of drug-likeness (QED) is 0.316. The van der Waals surface area contributed by atoms with E-state index in [0.29, 0.717) is 0 Å². The minimum absolute atomic E-state index is 0.00898. The SMILES string of the molecule is [N-]=[N+]=Nc1ccnc2c(F)c(F)c(F)cc12. The van der Waals surface area contributed by atoms with Gasteiger partial charge in [0.25, 0.3) is 0 Å². The van der Waals surface area contributed by atoms with E-state index in [1.54, 1.807) is 0 Å². The van der Waals surface area contributed by atoms with E-state index in [1.807, 2.05) is 0 Å². The second kappa shape index (κ2) is 3.71. The van der Waals surface area contributed by atoms with Gasteiger partial charge in [0.05, 0.1) is 0 Å². The van der Waals surface area contributed by atoms with Crippen LogP contribution >= 0.6 is 0 Å². The first-order chi connectivity index (χ1) is 7.65.